The fourth-order valence-corrected chi connectivity index (χ4v) is 2.82. The summed E-state index contributed by atoms with van der Waals surface area (Å²) in [6.07, 6.45) is 4.13. The molecule has 1 N–H and O–H groups in total. The molecule has 0 spiro atoms. The minimum Gasteiger partial charge on any atom is -0.375 e. The van der Waals surface area contributed by atoms with E-state index in [9.17, 15) is 4.79 Å². The zero-order chi connectivity index (χ0) is 18.4. The summed E-state index contributed by atoms with van der Waals surface area (Å²) in [5, 5.41) is 7.80. The van der Waals surface area contributed by atoms with Crippen LogP contribution < -0.4 is 10.2 Å². The molecule has 6 heteroatoms. The largest absolute Gasteiger partial charge is 0.375 e. The highest BCUT2D eigenvalue weighted by Gasteiger charge is 2.09. The van der Waals surface area contributed by atoms with Gasteiger partial charge in [-0.05, 0) is 36.8 Å². The molecule has 0 saturated carbocycles. The maximum absolute atomic E-state index is 12.3. The van der Waals surface area contributed by atoms with Gasteiger partial charge >= 0.3 is 0 Å². The molecule has 0 radical (unpaired) electrons. The Morgan fingerprint density at radius 2 is 2.00 bits per heavy atom. The first-order valence-electron chi connectivity index (χ1n) is 8.48. The van der Waals surface area contributed by atoms with Gasteiger partial charge in [-0.1, -0.05) is 35.9 Å². The van der Waals surface area contributed by atoms with Crippen LogP contribution in [0.3, 0.4) is 0 Å². The summed E-state index contributed by atoms with van der Waals surface area (Å²) < 4.78 is 1.64. The molecule has 0 saturated heterocycles. The Bertz CT molecular complexity index is 863. The Balaban J connectivity index is 1.48. The summed E-state index contributed by atoms with van der Waals surface area (Å²) >= 11 is 5.99. The van der Waals surface area contributed by atoms with Crippen LogP contribution in [0, 0.1) is 0 Å². The van der Waals surface area contributed by atoms with Crippen molar-refractivity contribution < 1.29 is 4.79 Å². The van der Waals surface area contributed by atoms with Crippen LogP contribution in [0.1, 0.15) is 16.8 Å². The van der Waals surface area contributed by atoms with Gasteiger partial charge in [0.15, 0.2) is 0 Å². The van der Waals surface area contributed by atoms with Crippen molar-refractivity contribution in [1.29, 1.82) is 0 Å². The molecule has 0 aliphatic rings. The van der Waals surface area contributed by atoms with Crippen LogP contribution in [-0.4, -0.2) is 35.8 Å². The van der Waals surface area contributed by atoms with Crippen LogP contribution in [0.2, 0.25) is 5.02 Å². The summed E-state index contributed by atoms with van der Waals surface area (Å²) in [6, 6.07) is 17.5. The third kappa shape index (κ3) is 4.64. The third-order valence-corrected chi connectivity index (χ3v) is 4.31. The Labute approximate surface area is 158 Å². The number of halogens is 1. The monoisotopic (exact) mass is 368 g/mol. The number of rotatable bonds is 7. The topological polar surface area (TPSA) is 50.2 Å². The number of nitrogens with zero attached hydrogens (tertiary/aromatic N) is 3. The molecule has 3 rings (SSSR count). The van der Waals surface area contributed by atoms with E-state index in [0.717, 1.165) is 18.7 Å². The number of nitrogens with one attached hydrogen (secondary N) is 1. The molecular formula is C20H21ClN4O. The maximum atomic E-state index is 12.3. The molecule has 0 unspecified atom stereocenters. The molecule has 0 bridgehead atoms. The summed E-state index contributed by atoms with van der Waals surface area (Å²) in [4.78, 5) is 14.4. The van der Waals surface area contributed by atoms with Crippen molar-refractivity contribution in [3.8, 4) is 5.69 Å². The number of hydrogen-bond donors (Lipinski definition) is 1. The van der Waals surface area contributed by atoms with Crippen molar-refractivity contribution >= 4 is 23.2 Å². The molecule has 0 fully saturated rings. The van der Waals surface area contributed by atoms with Crippen molar-refractivity contribution in [3.05, 3.63) is 77.6 Å². The van der Waals surface area contributed by atoms with Crippen LogP contribution in [0.15, 0.2) is 67.0 Å². The molecule has 3 aromatic rings. The minimum absolute atomic E-state index is 0.124. The van der Waals surface area contributed by atoms with Gasteiger partial charge in [-0.25, -0.2) is 4.68 Å². The predicted octanol–water partition coefficient (Wildman–Crippen LogP) is 3.78. The highest BCUT2D eigenvalue weighted by atomic mass is 35.5. The van der Waals surface area contributed by atoms with E-state index < -0.39 is 0 Å². The van der Waals surface area contributed by atoms with Gasteiger partial charge in [-0.15, -0.1) is 0 Å². The van der Waals surface area contributed by atoms with Gasteiger partial charge in [0.1, 0.15) is 0 Å². The van der Waals surface area contributed by atoms with Gasteiger partial charge in [0.25, 0.3) is 5.91 Å². The Hall–Kier alpha value is -2.79. The van der Waals surface area contributed by atoms with E-state index in [1.54, 1.807) is 29.2 Å². The number of carbonyl (C=O) groups is 1. The highest BCUT2D eigenvalue weighted by Crippen LogP contribution is 2.15. The second-order valence-electron chi connectivity index (χ2n) is 6.02. The fraction of sp³-hybridized carbons (Fsp3) is 0.200. The van der Waals surface area contributed by atoms with Crippen LogP contribution in [-0.2, 0) is 0 Å². The van der Waals surface area contributed by atoms with Gasteiger partial charge < -0.3 is 10.2 Å². The Morgan fingerprint density at radius 3 is 2.77 bits per heavy atom. The molecule has 2 aromatic carbocycles. The summed E-state index contributed by atoms with van der Waals surface area (Å²) in [7, 11) is 2.05. The molecular weight excluding hydrogens is 348 g/mol. The van der Waals surface area contributed by atoms with Gasteiger partial charge in [0, 0.05) is 37.0 Å². The van der Waals surface area contributed by atoms with Gasteiger partial charge in [-0.2, -0.15) is 5.10 Å². The number of para-hydroxylation sites is 1. The number of amides is 1. The van der Waals surface area contributed by atoms with E-state index in [-0.39, 0.29) is 5.91 Å². The van der Waals surface area contributed by atoms with Crippen molar-refractivity contribution in [3.63, 3.8) is 0 Å². The average Bonchev–Trinajstić information content (AvgIpc) is 3.16. The standard InChI is InChI=1S/C20H21ClN4O/c1-24(18-8-3-2-4-9-18)12-6-11-22-20(26)16-14-23-25(15-16)19-10-5-7-17(21)13-19/h2-5,7-10,13-15H,6,11-12H2,1H3,(H,22,26). The number of benzene rings is 2. The number of anilines is 1. The molecule has 1 aromatic heterocycles. The van der Waals surface area contributed by atoms with Crippen LogP contribution >= 0.6 is 11.6 Å². The SMILES string of the molecule is CN(CCCNC(=O)c1cnn(-c2cccc(Cl)c2)c1)c1ccccc1. The van der Waals surface area contributed by atoms with Gasteiger partial charge in [-0.3, -0.25) is 4.79 Å². The lowest BCUT2D eigenvalue weighted by Crippen LogP contribution is -2.28. The normalized spacial score (nSPS) is 10.5. The fourth-order valence-electron chi connectivity index (χ4n) is 2.63. The zero-order valence-electron chi connectivity index (χ0n) is 14.6. The summed E-state index contributed by atoms with van der Waals surface area (Å²) in [5.41, 5.74) is 2.52. The van der Waals surface area contributed by atoms with E-state index in [0.29, 0.717) is 17.1 Å². The maximum Gasteiger partial charge on any atom is 0.254 e. The first kappa shape index (κ1) is 18.0. The van der Waals surface area contributed by atoms with E-state index in [2.05, 4.69) is 27.4 Å². The second kappa shape index (κ2) is 8.54. The molecule has 0 aliphatic carbocycles. The van der Waals surface area contributed by atoms with Crippen LogP contribution in [0.5, 0.6) is 0 Å². The lowest BCUT2D eigenvalue weighted by atomic mass is 10.2. The van der Waals surface area contributed by atoms with Gasteiger partial charge in [0.2, 0.25) is 0 Å². The van der Waals surface area contributed by atoms with E-state index in [1.165, 1.54) is 5.69 Å². The Morgan fingerprint density at radius 1 is 1.19 bits per heavy atom. The van der Waals surface area contributed by atoms with E-state index in [1.807, 2.05) is 37.4 Å². The van der Waals surface area contributed by atoms with Crippen molar-refractivity contribution in [2.24, 2.45) is 0 Å². The number of carbonyl (C=O) groups excluding carboxylic acids is 1. The minimum atomic E-state index is -0.124. The quantitative estimate of drug-likeness (QED) is 0.645. The molecule has 1 amide bonds. The lowest BCUT2D eigenvalue weighted by Gasteiger charge is -2.19. The first-order chi connectivity index (χ1) is 12.6. The summed E-state index contributed by atoms with van der Waals surface area (Å²) in [6.45, 7) is 1.48. The molecule has 0 aliphatic heterocycles. The molecule has 1 heterocycles. The molecule has 0 atom stereocenters. The van der Waals surface area contributed by atoms with Gasteiger partial charge in [0.05, 0.1) is 17.4 Å². The molecule has 26 heavy (non-hydrogen) atoms. The third-order valence-electron chi connectivity index (χ3n) is 4.07. The smallest absolute Gasteiger partial charge is 0.254 e. The highest BCUT2D eigenvalue weighted by molar-refractivity contribution is 6.30. The van der Waals surface area contributed by atoms with Crippen molar-refractivity contribution in [2.75, 3.05) is 25.0 Å². The molecule has 134 valence electrons. The van der Waals surface area contributed by atoms with Crippen LogP contribution in [0.4, 0.5) is 5.69 Å². The van der Waals surface area contributed by atoms with Crippen LogP contribution in [0.25, 0.3) is 5.69 Å². The molecule has 5 nitrogen and oxygen atoms in total. The van der Waals surface area contributed by atoms with E-state index >= 15 is 0 Å². The summed E-state index contributed by atoms with van der Waals surface area (Å²) in [5.74, 6) is -0.124. The van der Waals surface area contributed by atoms with Crippen molar-refractivity contribution in [2.45, 2.75) is 6.42 Å². The number of aromatic nitrogens is 2. The lowest BCUT2D eigenvalue weighted by molar-refractivity contribution is 0.0953. The second-order valence-corrected chi connectivity index (χ2v) is 6.46. The predicted molar refractivity (Wildman–Crippen MR) is 105 cm³/mol. The first-order valence-corrected chi connectivity index (χ1v) is 8.86. The van der Waals surface area contributed by atoms with E-state index in [4.69, 9.17) is 11.6 Å². The Kier molecular flexibility index (Phi) is 5.92. The average molecular weight is 369 g/mol. The zero-order valence-corrected chi connectivity index (χ0v) is 15.4. The number of hydrogen-bond acceptors (Lipinski definition) is 3. The van der Waals surface area contributed by atoms with Crippen molar-refractivity contribution in [1.82, 2.24) is 15.1 Å².